The maximum absolute atomic E-state index is 13.9. The van der Waals surface area contributed by atoms with E-state index in [1.165, 1.54) is 12.1 Å². The lowest BCUT2D eigenvalue weighted by Crippen LogP contribution is -2.35. The normalized spacial score (nSPS) is 11.8. The summed E-state index contributed by atoms with van der Waals surface area (Å²) in [5.41, 5.74) is 2.04. The Labute approximate surface area is 180 Å². The number of aromatic amines is 1. The van der Waals surface area contributed by atoms with Gasteiger partial charge in [0.1, 0.15) is 5.82 Å². The van der Waals surface area contributed by atoms with Crippen LogP contribution in [-0.4, -0.2) is 39.2 Å². The molecule has 3 aromatic rings. The first kappa shape index (κ1) is 22.2. The number of aromatic nitrogens is 2. The van der Waals surface area contributed by atoms with Crippen molar-refractivity contribution in [2.24, 2.45) is 0 Å². The Morgan fingerprint density at radius 3 is 2.58 bits per heavy atom. The van der Waals surface area contributed by atoms with Gasteiger partial charge in [-0.3, -0.25) is 14.7 Å². The number of hydrogen-bond acceptors (Lipinski definition) is 4. The molecule has 1 unspecified atom stereocenters. The van der Waals surface area contributed by atoms with Gasteiger partial charge in [-0.25, -0.2) is 4.39 Å². The fourth-order valence-corrected chi connectivity index (χ4v) is 3.62. The van der Waals surface area contributed by atoms with Gasteiger partial charge in [0.05, 0.1) is 6.20 Å². The first-order valence-corrected chi connectivity index (χ1v) is 10.3. The van der Waals surface area contributed by atoms with Crippen LogP contribution in [0.5, 0.6) is 5.75 Å². The SMILES string of the molecule is CCCN(CCC(c1ccc(C)cc1)c1cccc(F)c1)C(=O)c1[nH]ncc(=O)c1O. The van der Waals surface area contributed by atoms with Crippen molar-refractivity contribution < 1.29 is 14.3 Å². The molecule has 1 aromatic heterocycles. The minimum Gasteiger partial charge on any atom is -0.502 e. The van der Waals surface area contributed by atoms with Crippen LogP contribution in [0.2, 0.25) is 0 Å². The third kappa shape index (κ3) is 5.36. The van der Waals surface area contributed by atoms with Crippen LogP contribution in [0, 0.1) is 12.7 Å². The lowest BCUT2D eigenvalue weighted by molar-refractivity contribution is 0.0741. The van der Waals surface area contributed by atoms with Gasteiger partial charge in [0.15, 0.2) is 11.4 Å². The van der Waals surface area contributed by atoms with Crippen LogP contribution in [0.3, 0.4) is 0 Å². The molecule has 0 aliphatic rings. The van der Waals surface area contributed by atoms with Crippen LogP contribution in [0.15, 0.2) is 59.5 Å². The minimum absolute atomic E-state index is 0.120. The van der Waals surface area contributed by atoms with E-state index in [1.807, 2.05) is 44.2 Å². The predicted molar refractivity (Wildman–Crippen MR) is 117 cm³/mol. The molecule has 0 saturated carbocycles. The third-order valence-electron chi connectivity index (χ3n) is 5.24. The van der Waals surface area contributed by atoms with Gasteiger partial charge in [0, 0.05) is 19.0 Å². The van der Waals surface area contributed by atoms with E-state index in [2.05, 4.69) is 10.2 Å². The van der Waals surface area contributed by atoms with E-state index < -0.39 is 17.1 Å². The molecule has 0 saturated heterocycles. The van der Waals surface area contributed by atoms with Gasteiger partial charge < -0.3 is 10.0 Å². The number of benzene rings is 2. The summed E-state index contributed by atoms with van der Waals surface area (Å²) in [5, 5.41) is 16.1. The number of hydrogen-bond donors (Lipinski definition) is 2. The summed E-state index contributed by atoms with van der Waals surface area (Å²) in [6.45, 7) is 4.75. The summed E-state index contributed by atoms with van der Waals surface area (Å²) in [6, 6.07) is 14.5. The molecule has 6 nitrogen and oxygen atoms in total. The summed E-state index contributed by atoms with van der Waals surface area (Å²) >= 11 is 0. The fourth-order valence-electron chi connectivity index (χ4n) is 3.62. The molecule has 1 heterocycles. The molecular weight excluding hydrogens is 397 g/mol. The third-order valence-corrected chi connectivity index (χ3v) is 5.24. The van der Waals surface area contributed by atoms with Gasteiger partial charge in [-0.05, 0) is 43.0 Å². The highest BCUT2D eigenvalue weighted by Crippen LogP contribution is 2.29. The Hall–Kier alpha value is -3.48. The summed E-state index contributed by atoms with van der Waals surface area (Å²) in [5.74, 6) is -1.56. The number of aromatic hydroxyl groups is 1. The average molecular weight is 423 g/mol. The number of carbonyl (C=O) groups is 1. The number of halogens is 1. The van der Waals surface area contributed by atoms with E-state index in [4.69, 9.17) is 0 Å². The summed E-state index contributed by atoms with van der Waals surface area (Å²) in [4.78, 5) is 26.2. The van der Waals surface area contributed by atoms with E-state index in [9.17, 15) is 19.1 Å². The summed E-state index contributed by atoms with van der Waals surface area (Å²) in [6.07, 6.45) is 2.17. The first-order chi connectivity index (χ1) is 14.9. The van der Waals surface area contributed by atoms with Gasteiger partial charge in [-0.15, -0.1) is 0 Å². The van der Waals surface area contributed by atoms with E-state index in [0.29, 0.717) is 25.9 Å². The molecule has 0 aliphatic carbocycles. The van der Waals surface area contributed by atoms with Gasteiger partial charge in [0.2, 0.25) is 5.43 Å². The van der Waals surface area contributed by atoms with Crippen LogP contribution in [0.4, 0.5) is 4.39 Å². The Morgan fingerprint density at radius 2 is 1.90 bits per heavy atom. The second-order valence-corrected chi connectivity index (χ2v) is 7.56. The number of nitrogens with one attached hydrogen (secondary N) is 1. The van der Waals surface area contributed by atoms with E-state index >= 15 is 0 Å². The highest BCUT2D eigenvalue weighted by Gasteiger charge is 2.23. The second-order valence-electron chi connectivity index (χ2n) is 7.56. The number of nitrogens with zero attached hydrogens (tertiary/aromatic N) is 2. The molecular formula is C24H26FN3O3. The van der Waals surface area contributed by atoms with Crippen molar-refractivity contribution in [2.75, 3.05) is 13.1 Å². The molecule has 1 atom stereocenters. The smallest absolute Gasteiger partial charge is 0.275 e. The van der Waals surface area contributed by atoms with Gasteiger partial charge in [-0.2, -0.15) is 5.10 Å². The second kappa shape index (κ2) is 10.0. The highest BCUT2D eigenvalue weighted by molar-refractivity contribution is 5.94. The number of rotatable bonds is 8. The van der Waals surface area contributed by atoms with Crippen molar-refractivity contribution in [1.82, 2.24) is 15.1 Å². The lowest BCUT2D eigenvalue weighted by Gasteiger charge is -2.26. The standard InChI is InChI=1S/C24H26FN3O3/c1-3-12-28(24(31)22-23(30)21(29)15-26-27-22)13-11-20(17-9-7-16(2)8-10-17)18-5-4-6-19(25)14-18/h4-10,14-15,20H,3,11-13H2,1-2H3,(H,26,30)(H,27,29). The zero-order valence-electron chi connectivity index (χ0n) is 17.6. The van der Waals surface area contributed by atoms with Crippen LogP contribution < -0.4 is 5.43 Å². The molecule has 0 bridgehead atoms. The zero-order valence-corrected chi connectivity index (χ0v) is 17.6. The molecule has 7 heteroatoms. The van der Waals surface area contributed by atoms with Crippen molar-refractivity contribution in [3.63, 3.8) is 0 Å². The van der Waals surface area contributed by atoms with Gasteiger partial charge >= 0.3 is 0 Å². The van der Waals surface area contributed by atoms with E-state index in [0.717, 1.165) is 22.9 Å². The number of amides is 1. The van der Waals surface area contributed by atoms with Crippen molar-refractivity contribution in [3.8, 4) is 5.75 Å². The van der Waals surface area contributed by atoms with Crippen LogP contribution in [0.1, 0.15) is 52.9 Å². The summed E-state index contributed by atoms with van der Waals surface area (Å²) < 4.78 is 13.9. The Morgan fingerprint density at radius 1 is 1.16 bits per heavy atom. The number of carbonyl (C=O) groups excluding carboxylic acids is 1. The molecule has 0 aliphatic heterocycles. The lowest BCUT2D eigenvalue weighted by atomic mass is 9.88. The molecule has 0 radical (unpaired) electrons. The molecule has 2 aromatic carbocycles. The molecule has 3 rings (SSSR count). The van der Waals surface area contributed by atoms with Crippen LogP contribution >= 0.6 is 0 Å². The highest BCUT2D eigenvalue weighted by atomic mass is 19.1. The Balaban J connectivity index is 1.88. The number of H-pyrrole nitrogens is 1. The van der Waals surface area contributed by atoms with Gasteiger partial charge in [0.25, 0.3) is 5.91 Å². The molecule has 2 N–H and O–H groups in total. The van der Waals surface area contributed by atoms with E-state index in [1.54, 1.807) is 11.0 Å². The molecule has 0 fully saturated rings. The predicted octanol–water partition coefficient (Wildman–Crippen LogP) is 4.00. The van der Waals surface area contributed by atoms with Crippen molar-refractivity contribution in [3.05, 3.63) is 93.2 Å². The van der Waals surface area contributed by atoms with E-state index in [-0.39, 0.29) is 17.4 Å². The average Bonchev–Trinajstić information content (AvgIpc) is 2.76. The molecule has 1 amide bonds. The quantitative estimate of drug-likeness (QED) is 0.573. The van der Waals surface area contributed by atoms with Crippen molar-refractivity contribution in [2.45, 2.75) is 32.6 Å². The maximum Gasteiger partial charge on any atom is 0.275 e. The van der Waals surface area contributed by atoms with Crippen LogP contribution in [0.25, 0.3) is 0 Å². The Bertz CT molecular complexity index is 1100. The maximum atomic E-state index is 13.9. The summed E-state index contributed by atoms with van der Waals surface area (Å²) in [7, 11) is 0. The zero-order chi connectivity index (χ0) is 22.4. The molecule has 0 spiro atoms. The van der Waals surface area contributed by atoms with Crippen molar-refractivity contribution in [1.29, 1.82) is 0 Å². The van der Waals surface area contributed by atoms with Crippen molar-refractivity contribution >= 4 is 5.91 Å². The number of aryl methyl sites for hydroxylation is 1. The largest absolute Gasteiger partial charge is 0.502 e. The minimum atomic E-state index is -0.712. The monoisotopic (exact) mass is 423 g/mol. The first-order valence-electron chi connectivity index (χ1n) is 10.3. The molecule has 162 valence electrons. The molecule has 31 heavy (non-hydrogen) atoms. The van der Waals surface area contributed by atoms with Gasteiger partial charge in [-0.1, -0.05) is 48.9 Å². The topological polar surface area (TPSA) is 86.3 Å². The Kier molecular flexibility index (Phi) is 7.18. The fraction of sp³-hybridized carbons (Fsp3) is 0.292. The van der Waals surface area contributed by atoms with Crippen LogP contribution in [-0.2, 0) is 0 Å².